The molecule has 6 aromatic rings. The second kappa shape index (κ2) is 8.64. The number of benzene rings is 2. The van der Waals surface area contributed by atoms with Crippen LogP contribution in [0.3, 0.4) is 0 Å². The van der Waals surface area contributed by atoms with Gasteiger partial charge in [0.15, 0.2) is 5.65 Å². The number of aryl methyl sites for hydroxylation is 1. The molecule has 0 spiro atoms. The van der Waals surface area contributed by atoms with E-state index in [1.165, 1.54) is 45.1 Å². The van der Waals surface area contributed by atoms with Crippen LogP contribution in [0.25, 0.3) is 38.2 Å². The number of anilines is 1. The van der Waals surface area contributed by atoms with Gasteiger partial charge < -0.3 is 10.8 Å². The Morgan fingerprint density at radius 2 is 1.97 bits per heavy atom. The fourth-order valence-electron chi connectivity index (χ4n) is 4.29. The molecule has 0 amide bonds. The third kappa shape index (κ3) is 3.71. The van der Waals surface area contributed by atoms with E-state index in [1.54, 1.807) is 24.3 Å². The highest BCUT2D eigenvalue weighted by Crippen LogP contribution is 2.34. The highest BCUT2D eigenvalue weighted by atomic mass is 35.5. The lowest BCUT2D eigenvalue weighted by molar-refractivity contribution is 0.476. The predicted octanol–water partition coefficient (Wildman–Crippen LogP) is 4.69. The number of nitrogens with zero attached hydrogens (tertiary/aromatic N) is 6. The number of hydrogen-bond acceptors (Lipinski definition) is 8. The number of thiophene rings is 1. The van der Waals surface area contributed by atoms with E-state index in [1.807, 2.05) is 12.3 Å². The third-order valence-electron chi connectivity index (χ3n) is 6.02. The van der Waals surface area contributed by atoms with Crippen LogP contribution in [0.1, 0.15) is 11.4 Å². The van der Waals surface area contributed by atoms with Crippen molar-refractivity contribution in [3.05, 3.63) is 86.8 Å². The molecule has 0 saturated carbocycles. The van der Waals surface area contributed by atoms with E-state index < -0.39 is 5.82 Å². The van der Waals surface area contributed by atoms with E-state index in [4.69, 9.17) is 27.4 Å². The summed E-state index contributed by atoms with van der Waals surface area (Å²) in [5.41, 5.74) is 8.00. The summed E-state index contributed by atoms with van der Waals surface area (Å²) < 4.78 is 17.7. The molecule has 4 heterocycles. The van der Waals surface area contributed by atoms with Crippen molar-refractivity contribution in [2.24, 2.45) is 0 Å². The molecular weight excluding hydrogens is 517 g/mol. The maximum Gasteiger partial charge on any atom is 0.267 e. The number of aromatic hydroxyl groups is 1. The van der Waals surface area contributed by atoms with Crippen molar-refractivity contribution in [3.63, 3.8) is 0 Å². The molecule has 2 aromatic carbocycles. The molecule has 0 atom stereocenters. The number of fused-ring (bicyclic) bond motifs is 2. The molecule has 0 aliphatic rings. The minimum atomic E-state index is -0.561. The summed E-state index contributed by atoms with van der Waals surface area (Å²) in [7, 11) is 0. The van der Waals surface area contributed by atoms with Crippen molar-refractivity contribution in [1.29, 1.82) is 0 Å². The Morgan fingerprint density at radius 1 is 1.16 bits per heavy atom. The lowest BCUT2D eigenvalue weighted by Crippen LogP contribution is -2.26. The van der Waals surface area contributed by atoms with Gasteiger partial charge in [-0.3, -0.25) is 9.36 Å². The zero-order chi connectivity index (χ0) is 25.8. The Hall–Kier alpha value is -4.35. The van der Waals surface area contributed by atoms with Gasteiger partial charge in [-0.25, -0.2) is 24.0 Å². The maximum atomic E-state index is 14.9. The molecule has 12 heteroatoms. The molecule has 0 aliphatic carbocycles. The molecule has 0 unspecified atom stereocenters. The molecule has 9 nitrogen and oxygen atoms in total. The number of phenols is 1. The summed E-state index contributed by atoms with van der Waals surface area (Å²) in [6.07, 6.45) is 1.31. The average Bonchev–Trinajstić information content (AvgIpc) is 3.43. The molecule has 37 heavy (non-hydrogen) atoms. The molecule has 0 aliphatic heterocycles. The Kier molecular flexibility index (Phi) is 5.39. The van der Waals surface area contributed by atoms with Crippen LogP contribution in [0.2, 0.25) is 5.02 Å². The van der Waals surface area contributed by atoms with E-state index in [9.17, 15) is 14.3 Å². The summed E-state index contributed by atoms with van der Waals surface area (Å²) in [5.74, 6) is -0.235. The van der Waals surface area contributed by atoms with E-state index in [2.05, 4.69) is 9.97 Å². The molecule has 0 saturated heterocycles. The lowest BCUT2D eigenvalue weighted by atomic mass is 10.1. The van der Waals surface area contributed by atoms with Gasteiger partial charge in [0.25, 0.3) is 5.56 Å². The molecule has 0 bridgehead atoms. The zero-order valence-electron chi connectivity index (χ0n) is 19.2. The van der Waals surface area contributed by atoms with Crippen LogP contribution in [0, 0.1) is 12.7 Å². The molecule has 6 rings (SSSR count). The van der Waals surface area contributed by atoms with E-state index in [0.717, 1.165) is 5.56 Å². The first-order valence-electron chi connectivity index (χ1n) is 11.0. The highest BCUT2D eigenvalue weighted by Gasteiger charge is 2.22. The second-order valence-corrected chi connectivity index (χ2v) is 9.61. The van der Waals surface area contributed by atoms with Gasteiger partial charge in [0, 0.05) is 5.56 Å². The number of para-hydroxylation sites is 1. The minimum absolute atomic E-state index is 0.0248. The number of hydrogen-bond donors (Lipinski definition) is 2. The number of phenolic OH excluding ortho intramolecular Hbond substituents is 1. The minimum Gasteiger partial charge on any atom is -0.506 e. The van der Waals surface area contributed by atoms with Crippen molar-refractivity contribution in [2.75, 3.05) is 5.73 Å². The van der Waals surface area contributed by atoms with E-state index >= 15 is 0 Å². The summed E-state index contributed by atoms with van der Waals surface area (Å²) in [6.45, 7) is 1.80. The van der Waals surface area contributed by atoms with Crippen LogP contribution in [0.15, 0.2) is 59.0 Å². The van der Waals surface area contributed by atoms with Gasteiger partial charge in [0.05, 0.1) is 21.5 Å². The zero-order valence-corrected chi connectivity index (χ0v) is 20.8. The predicted molar refractivity (Wildman–Crippen MR) is 141 cm³/mol. The summed E-state index contributed by atoms with van der Waals surface area (Å²) in [5, 5.41) is 17.8. The first-order chi connectivity index (χ1) is 17.8. The number of rotatable bonds is 4. The van der Waals surface area contributed by atoms with Crippen LogP contribution < -0.4 is 11.3 Å². The van der Waals surface area contributed by atoms with Gasteiger partial charge in [-0.2, -0.15) is 5.10 Å². The molecule has 0 radical (unpaired) electrons. The molecule has 4 aromatic heterocycles. The number of nitrogens with two attached hydrogens (primary N) is 1. The van der Waals surface area contributed by atoms with Gasteiger partial charge in [-0.05, 0) is 42.1 Å². The highest BCUT2D eigenvalue weighted by molar-refractivity contribution is 7.16. The van der Waals surface area contributed by atoms with Crippen LogP contribution in [0.5, 0.6) is 5.75 Å². The van der Waals surface area contributed by atoms with Crippen LogP contribution in [-0.4, -0.2) is 34.4 Å². The van der Waals surface area contributed by atoms with Crippen molar-refractivity contribution in [3.8, 4) is 22.7 Å². The number of aromatic nitrogens is 6. The van der Waals surface area contributed by atoms with Crippen molar-refractivity contribution >= 4 is 50.0 Å². The normalized spacial score (nSPS) is 11.5. The maximum absolute atomic E-state index is 14.9. The first-order valence-corrected chi connectivity index (χ1v) is 12.3. The monoisotopic (exact) mass is 533 g/mol. The number of nitrogen functional groups attached to an aromatic ring is 1. The van der Waals surface area contributed by atoms with Gasteiger partial charge in [-0.1, -0.05) is 29.8 Å². The summed E-state index contributed by atoms with van der Waals surface area (Å²) in [4.78, 5) is 27.4. The summed E-state index contributed by atoms with van der Waals surface area (Å²) >= 11 is 7.33. The molecular formula is C25H17ClFN7O2S. The smallest absolute Gasteiger partial charge is 0.267 e. The quantitative estimate of drug-likeness (QED) is 0.337. The molecule has 0 fully saturated rings. The van der Waals surface area contributed by atoms with Crippen molar-refractivity contribution in [1.82, 2.24) is 29.3 Å². The summed E-state index contributed by atoms with van der Waals surface area (Å²) in [6, 6.07) is 10.7. The van der Waals surface area contributed by atoms with E-state index in [-0.39, 0.29) is 40.2 Å². The Morgan fingerprint density at radius 3 is 2.76 bits per heavy atom. The van der Waals surface area contributed by atoms with Gasteiger partial charge in [-0.15, -0.1) is 11.3 Å². The standard InChI is InChI=1S/C25H17ClFN7O2S/c1-12-10-37-24-19(12)25(36)34(16-5-3-2-4-15(16)27)18(31-24)9-33-23-20(22(28)29-11-30-23)21(32-33)13-6-7-14(26)17(35)8-13/h2-8,10-11,35H,9H2,1H3,(H2,28,29,30). The fourth-order valence-corrected chi connectivity index (χ4v) is 5.34. The van der Waals surface area contributed by atoms with Crippen LogP contribution in [0.4, 0.5) is 10.2 Å². The Bertz CT molecular complexity index is 1910. The van der Waals surface area contributed by atoms with Gasteiger partial charge in [0.2, 0.25) is 0 Å². The van der Waals surface area contributed by atoms with E-state index in [0.29, 0.717) is 32.5 Å². The first kappa shape index (κ1) is 23.1. The van der Waals surface area contributed by atoms with Crippen LogP contribution in [-0.2, 0) is 6.54 Å². The lowest BCUT2D eigenvalue weighted by Gasteiger charge is -2.14. The van der Waals surface area contributed by atoms with Crippen molar-refractivity contribution in [2.45, 2.75) is 13.5 Å². The molecule has 3 N–H and O–H groups in total. The average molecular weight is 534 g/mol. The Balaban J connectivity index is 1.61. The van der Waals surface area contributed by atoms with Crippen molar-refractivity contribution < 1.29 is 9.50 Å². The third-order valence-corrected chi connectivity index (χ3v) is 7.33. The fraction of sp³-hybridized carbons (Fsp3) is 0.0800. The Labute approximate surface area is 217 Å². The molecule has 184 valence electrons. The van der Waals surface area contributed by atoms with Gasteiger partial charge >= 0.3 is 0 Å². The number of halogens is 2. The largest absolute Gasteiger partial charge is 0.506 e. The topological polar surface area (TPSA) is 125 Å². The van der Waals surface area contributed by atoms with Gasteiger partial charge in [0.1, 0.15) is 46.6 Å². The second-order valence-electron chi connectivity index (χ2n) is 8.35. The SMILES string of the molecule is Cc1csc2nc(Cn3nc(-c4ccc(Cl)c(O)c4)c4c(N)ncnc43)n(-c3ccccc3F)c(=O)c12. The van der Waals surface area contributed by atoms with Crippen LogP contribution >= 0.6 is 22.9 Å².